The molecule has 0 radical (unpaired) electrons. The van der Waals surface area contributed by atoms with Crippen LogP contribution in [0.2, 0.25) is 0 Å². The van der Waals surface area contributed by atoms with E-state index in [0.717, 1.165) is 54.7 Å². The Morgan fingerprint density at radius 2 is 1.88 bits per heavy atom. The minimum atomic E-state index is -0.966. The van der Waals surface area contributed by atoms with Crippen LogP contribution in [-0.2, 0) is 29.0 Å². The molecule has 0 saturated carbocycles. The third-order valence-corrected chi connectivity index (χ3v) is 6.21. The molecule has 0 spiro atoms. The molecule has 166 valence electrons. The molecule has 0 aliphatic carbocycles. The smallest absolute Gasteiger partial charge is 0.335 e. The molecule has 32 heavy (non-hydrogen) atoms. The number of thiazole rings is 1. The van der Waals surface area contributed by atoms with Crippen molar-refractivity contribution in [2.24, 2.45) is 0 Å². The molecule has 1 aliphatic heterocycles. The van der Waals surface area contributed by atoms with Gasteiger partial charge in [-0.2, -0.15) is 0 Å². The number of amides is 1. The second kappa shape index (κ2) is 10.5. The number of aromatic nitrogens is 1. The summed E-state index contributed by atoms with van der Waals surface area (Å²) in [5, 5.41) is 14.6. The van der Waals surface area contributed by atoms with Crippen LogP contribution in [0.3, 0.4) is 0 Å². The summed E-state index contributed by atoms with van der Waals surface area (Å²) in [6.07, 6.45) is 0.206. The number of carboxylic acid groups (broad SMARTS) is 1. The molecule has 2 aromatic carbocycles. The number of aromatic carboxylic acids is 1. The molecule has 1 amide bonds. The summed E-state index contributed by atoms with van der Waals surface area (Å²) < 4.78 is 5.42. The number of hydrogen-bond acceptors (Lipinski definition) is 6. The third kappa shape index (κ3) is 6.00. The standard InChI is InChI=1S/C24H25N3O4S/c28-22(25-14-17-4-6-19(7-5-17)24(29)30)13-21-16-32-23(26-21)20-3-1-2-18(12-20)15-27-8-10-31-11-9-27/h1-7,12,16H,8-11,13-15H2,(H,25,28)(H,29,30). The zero-order valence-electron chi connectivity index (χ0n) is 17.6. The van der Waals surface area contributed by atoms with E-state index in [1.165, 1.54) is 29.0 Å². The van der Waals surface area contributed by atoms with Crippen molar-refractivity contribution in [3.05, 3.63) is 76.3 Å². The molecule has 4 rings (SSSR count). The molecule has 3 aromatic rings. The van der Waals surface area contributed by atoms with Gasteiger partial charge >= 0.3 is 5.97 Å². The van der Waals surface area contributed by atoms with E-state index >= 15 is 0 Å². The molecule has 1 saturated heterocycles. The molecule has 0 bridgehead atoms. The lowest BCUT2D eigenvalue weighted by Crippen LogP contribution is -2.35. The van der Waals surface area contributed by atoms with E-state index in [1.54, 1.807) is 12.1 Å². The first-order valence-corrected chi connectivity index (χ1v) is 11.4. The highest BCUT2D eigenvalue weighted by Gasteiger charge is 2.13. The maximum absolute atomic E-state index is 12.3. The number of carboxylic acids is 1. The van der Waals surface area contributed by atoms with Crippen LogP contribution in [0.15, 0.2) is 53.9 Å². The average Bonchev–Trinajstić information content (AvgIpc) is 3.27. The summed E-state index contributed by atoms with van der Waals surface area (Å²) in [6.45, 7) is 4.70. The van der Waals surface area contributed by atoms with Crippen molar-refractivity contribution in [2.45, 2.75) is 19.5 Å². The summed E-state index contributed by atoms with van der Waals surface area (Å²) in [6, 6.07) is 14.9. The van der Waals surface area contributed by atoms with Gasteiger partial charge in [0.1, 0.15) is 5.01 Å². The Hall–Kier alpha value is -3.07. The minimum absolute atomic E-state index is 0.120. The Balaban J connectivity index is 1.31. The highest BCUT2D eigenvalue weighted by Crippen LogP contribution is 2.25. The highest BCUT2D eigenvalue weighted by molar-refractivity contribution is 7.13. The fourth-order valence-corrected chi connectivity index (χ4v) is 4.35. The second-order valence-electron chi connectivity index (χ2n) is 7.69. The Bertz CT molecular complexity index is 1070. The van der Waals surface area contributed by atoms with E-state index in [9.17, 15) is 9.59 Å². The van der Waals surface area contributed by atoms with Crippen molar-refractivity contribution in [2.75, 3.05) is 26.3 Å². The number of morpholine rings is 1. The van der Waals surface area contributed by atoms with Crippen LogP contribution in [0.5, 0.6) is 0 Å². The largest absolute Gasteiger partial charge is 0.478 e. The van der Waals surface area contributed by atoms with Gasteiger partial charge in [-0.05, 0) is 29.3 Å². The van der Waals surface area contributed by atoms with Crippen LogP contribution in [0, 0.1) is 0 Å². The van der Waals surface area contributed by atoms with E-state index in [-0.39, 0.29) is 17.9 Å². The van der Waals surface area contributed by atoms with Crippen LogP contribution in [-0.4, -0.2) is 53.2 Å². The fraction of sp³-hybridized carbons (Fsp3) is 0.292. The van der Waals surface area contributed by atoms with Crippen LogP contribution in [0.25, 0.3) is 10.6 Å². The normalized spacial score (nSPS) is 14.2. The average molecular weight is 452 g/mol. The maximum Gasteiger partial charge on any atom is 0.335 e. The van der Waals surface area contributed by atoms with Gasteiger partial charge in [-0.3, -0.25) is 9.69 Å². The lowest BCUT2D eigenvalue weighted by atomic mass is 10.1. The minimum Gasteiger partial charge on any atom is -0.478 e. The third-order valence-electron chi connectivity index (χ3n) is 5.27. The van der Waals surface area contributed by atoms with Gasteiger partial charge in [-0.15, -0.1) is 11.3 Å². The molecule has 1 aromatic heterocycles. The molecule has 2 heterocycles. The SMILES string of the molecule is O=C(Cc1csc(-c2cccc(CN3CCOCC3)c2)n1)NCc1ccc(C(=O)O)cc1. The number of nitrogens with zero attached hydrogens (tertiary/aromatic N) is 2. The molecule has 8 heteroatoms. The van der Waals surface area contributed by atoms with Crippen LogP contribution in [0.1, 0.15) is 27.2 Å². The molecule has 1 aliphatic rings. The summed E-state index contributed by atoms with van der Waals surface area (Å²) in [4.78, 5) is 30.3. The zero-order valence-corrected chi connectivity index (χ0v) is 18.4. The number of nitrogens with one attached hydrogen (secondary N) is 1. The zero-order chi connectivity index (χ0) is 22.3. The molecular formula is C24H25N3O4S. The molecule has 1 fully saturated rings. The second-order valence-corrected chi connectivity index (χ2v) is 8.55. The number of rotatable bonds is 8. The van der Waals surface area contributed by atoms with Crippen LogP contribution >= 0.6 is 11.3 Å². The first-order valence-electron chi connectivity index (χ1n) is 10.5. The lowest BCUT2D eigenvalue weighted by molar-refractivity contribution is -0.120. The van der Waals surface area contributed by atoms with Crippen molar-refractivity contribution in [3.63, 3.8) is 0 Å². The summed E-state index contributed by atoms with van der Waals surface area (Å²) >= 11 is 1.54. The first kappa shape index (κ1) is 22.1. The molecule has 2 N–H and O–H groups in total. The summed E-state index contributed by atoms with van der Waals surface area (Å²) in [5.41, 5.74) is 4.12. The van der Waals surface area contributed by atoms with Gasteiger partial charge in [0.25, 0.3) is 0 Å². The molecule has 7 nitrogen and oxygen atoms in total. The van der Waals surface area contributed by atoms with Crippen molar-refractivity contribution < 1.29 is 19.4 Å². The van der Waals surface area contributed by atoms with E-state index in [1.807, 2.05) is 11.4 Å². The van der Waals surface area contributed by atoms with Gasteiger partial charge in [-0.25, -0.2) is 9.78 Å². The Morgan fingerprint density at radius 1 is 1.09 bits per heavy atom. The number of carbonyl (C=O) groups excluding carboxylic acids is 1. The van der Waals surface area contributed by atoms with Crippen molar-refractivity contribution in [1.82, 2.24) is 15.2 Å². The van der Waals surface area contributed by atoms with Gasteiger partial charge in [0.15, 0.2) is 0 Å². The quantitative estimate of drug-likeness (QED) is 0.547. The van der Waals surface area contributed by atoms with Gasteiger partial charge < -0.3 is 15.2 Å². The number of benzene rings is 2. The summed E-state index contributed by atoms with van der Waals surface area (Å²) in [7, 11) is 0. The predicted molar refractivity (Wildman–Crippen MR) is 123 cm³/mol. The molecule has 0 atom stereocenters. The topological polar surface area (TPSA) is 91.8 Å². The number of ether oxygens (including phenoxy) is 1. The van der Waals surface area contributed by atoms with Gasteiger partial charge in [0.2, 0.25) is 5.91 Å². The number of carbonyl (C=O) groups is 2. The van der Waals surface area contributed by atoms with E-state index in [0.29, 0.717) is 6.54 Å². The number of hydrogen-bond donors (Lipinski definition) is 2. The lowest BCUT2D eigenvalue weighted by Gasteiger charge is -2.26. The van der Waals surface area contributed by atoms with Gasteiger partial charge in [0, 0.05) is 37.1 Å². The Morgan fingerprint density at radius 3 is 2.62 bits per heavy atom. The first-order chi connectivity index (χ1) is 15.6. The van der Waals surface area contributed by atoms with Crippen molar-refractivity contribution in [1.29, 1.82) is 0 Å². The van der Waals surface area contributed by atoms with Crippen LogP contribution in [0.4, 0.5) is 0 Å². The van der Waals surface area contributed by atoms with E-state index < -0.39 is 5.97 Å². The van der Waals surface area contributed by atoms with E-state index in [4.69, 9.17) is 9.84 Å². The molecule has 0 unspecified atom stereocenters. The molecular weight excluding hydrogens is 426 g/mol. The Kier molecular flexibility index (Phi) is 7.26. The van der Waals surface area contributed by atoms with Crippen molar-refractivity contribution >= 4 is 23.2 Å². The van der Waals surface area contributed by atoms with Gasteiger partial charge in [-0.1, -0.05) is 30.3 Å². The van der Waals surface area contributed by atoms with E-state index in [2.05, 4.69) is 33.4 Å². The maximum atomic E-state index is 12.3. The highest BCUT2D eigenvalue weighted by atomic mass is 32.1. The Labute approximate surface area is 190 Å². The van der Waals surface area contributed by atoms with Crippen LogP contribution < -0.4 is 5.32 Å². The van der Waals surface area contributed by atoms with Gasteiger partial charge in [0.05, 0.1) is 30.9 Å². The monoisotopic (exact) mass is 451 g/mol. The predicted octanol–water partition coefficient (Wildman–Crippen LogP) is 3.20. The fourth-order valence-electron chi connectivity index (χ4n) is 3.53. The van der Waals surface area contributed by atoms with Crippen molar-refractivity contribution in [3.8, 4) is 10.6 Å². The summed E-state index contributed by atoms with van der Waals surface area (Å²) in [5.74, 6) is -1.09.